The standard InChI is InChI=1S/C20H28N4O3/c1-13-7-15-9-17(22-19(15)16(8-13)12-25)10-21-20(27)23(3)18-5-4-6-24(11-18)14(2)26/h7-9,18,22,25H,4-6,10-12H2,1-3H3,(H,21,27)/t18-/m1/s1. The molecule has 1 atom stereocenters. The molecule has 1 aromatic carbocycles. The summed E-state index contributed by atoms with van der Waals surface area (Å²) in [6.07, 6.45) is 1.81. The van der Waals surface area contributed by atoms with Crippen molar-refractivity contribution in [2.45, 2.75) is 45.9 Å². The summed E-state index contributed by atoms with van der Waals surface area (Å²) in [6.45, 7) is 5.28. The molecule has 0 unspecified atom stereocenters. The molecule has 146 valence electrons. The number of nitrogens with zero attached hydrogens (tertiary/aromatic N) is 2. The first-order valence-electron chi connectivity index (χ1n) is 9.37. The van der Waals surface area contributed by atoms with Crippen LogP contribution in [0.5, 0.6) is 0 Å². The van der Waals surface area contributed by atoms with Crippen LogP contribution < -0.4 is 5.32 Å². The van der Waals surface area contributed by atoms with Gasteiger partial charge in [-0.15, -0.1) is 0 Å². The summed E-state index contributed by atoms with van der Waals surface area (Å²) in [5.41, 5.74) is 3.74. The number of fused-ring (bicyclic) bond motifs is 1. The van der Waals surface area contributed by atoms with Crippen molar-refractivity contribution < 1.29 is 14.7 Å². The van der Waals surface area contributed by atoms with Gasteiger partial charge in [-0.1, -0.05) is 11.6 Å². The van der Waals surface area contributed by atoms with Crippen LogP contribution in [0.1, 0.15) is 36.6 Å². The lowest BCUT2D eigenvalue weighted by Gasteiger charge is -2.37. The molecule has 1 saturated heterocycles. The molecule has 0 bridgehead atoms. The van der Waals surface area contributed by atoms with E-state index in [-0.39, 0.29) is 24.6 Å². The second-order valence-electron chi connectivity index (χ2n) is 7.37. The molecule has 7 nitrogen and oxygen atoms in total. The Morgan fingerprint density at radius 1 is 1.37 bits per heavy atom. The Morgan fingerprint density at radius 3 is 2.85 bits per heavy atom. The van der Waals surface area contributed by atoms with Crippen LogP contribution >= 0.6 is 0 Å². The normalized spacial score (nSPS) is 17.2. The Kier molecular flexibility index (Phi) is 5.70. The molecule has 3 N–H and O–H groups in total. The number of aryl methyl sites for hydroxylation is 1. The highest BCUT2D eigenvalue weighted by atomic mass is 16.3. The third-order valence-electron chi connectivity index (χ3n) is 5.32. The molecule has 0 radical (unpaired) electrons. The number of aliphatic hydroxyl groups is 1. The first kappa shape index (κ1) is 19.2. The predicted molar refractivity (Wildman–Crippen MR) is 104 cm³/mol. The largest absolute Gasteiger partial charge is 0.392 e. The highest BCUT2D eigenvalue weighted by Crippen LogP contribution is 2.22. The number of carbonyl (C=O) groups is 2. The van der Waals surface area contributed by atoms with Crippen LogP contribution in [0.4, 0.5) is 4.79 Å². The Bertz CT molecular complexity index is 845. The third-order valence-corrected chi connectivity index (χ3v) is 5.32. The molecular formula is C20H28N4O3. The quantitative estimate of drug-likeness (QED) is 0.768. The first-order chi connectivity index (χ1) is 12.9. The van der Waals surface area contributed by atoms with E-state index >= 15 is 0 Å². The number of nitrogens with one attached hydrogen (secondary N) is 2. The van der Waals surface area contributed by atoms with Crippen LogP contribution in [0.3, 0.4) is 0 Å². The average molecular weight is 372 g/mol. The van der Waals surface area contributed by atoms with Crippen LogP contribution in [-0.2, 0) is 17.9 Å². The minimum atomic E-state index is -0.150. The lowest BCUT2D eigenvalue weighted by Crippen LogP contribution is -2.52. The van der Waals surface area contributed by atoms with Gasteiger partial charge in [0.1, 0.15) is 0 Å². The van der Waals surface area contributed by atoms with Gasteiger partial charge in [0, 0.05) is 43.7 Å². The number of aliphatic hydroxyl groups excluding tert-OH is 1. The van der Waals surface area contributed by atoms with E-state index in [9.17, 15) is 14.7 Å². The van der Waals surface area contributed by atoms with Crippen molar-refractivity contribution in [2.24, 2.45) is 0 Å². The van der Waals surface area contributed by atoms with Gasteiger partial charge in [-0.25, -0.2) is 4.79 Å². The Morgan fingerprint density at radius 2 is 2.15 bits per heavy atom. The monoisotopic (exact) mass is 372 g/mol. The lowest BCUT2D eigenvalue weighted by molar-refractivity contribution is -0.130. The second kappa shape index (κ2) is 8.00. The van der Waals surface area contributed by atoms with Crippen molar-refractivity contribution in [3.05, 3.63) is 35.0 Å². The minimum absolute atomic E-state index is 0.0262. The van der Waals surface area contributed by atoms with Crippen molar-refractivity contribution in [3.63, 3.8) is 0 Å². The molecule has 2 heterocycles. The molecule has 7 heteroatoms. The molecule has 3 amide bonds. The van der Waals surface area contributed by atoms with Gasteiger partial charge in [-0.3, -0.25) is 4.79 Å². The Balaban J connectivity index is 1.63. The van der Waals surface area contributed by atoms with E-state index in [1.54, 1.807) is 23.8 Å². The number of benzene rings is 1. The fraction of sp³-hybridized carbons (Fsp3) is 0.500. The number of aromatic amines is 1. The summed E-state index contributed by atoms with van der Waals surface area (Å²) in [5, 5.41) is 13.5. The van der Waals surface area contributed by atoms with Crippen LogP contribution in [0.2, 0.25) is 0 Å². The zero-order chi connectivity index (χ0) is 19.6. The number of aromatic nitrogens is 1. The number of likely N-dealkylation sites (tertiary alicyclic amines) is 1. The maximum atomic E-state index is 12.5. The van der Waals surface area contributed by atoms with Crippen LogP contribution in [0, 0.1) is 6.92 Å². The van der Waals surface area contributed by atoms with E-state index in [4.69, 9.17) is 0 Å². The number of amides is 3. The van der Waals surface area contributed by atoms with Crippen molar-refractivity contribution in [3.8, 4) is 0 Å². The number of hydrogen-bond acceptors (Lipinski definition) is 3. The van der Waals surface area contributed by atoms with Crippen molar-refractivity contribution in [2.75, 3.05) is 20.1 Å². The van der Waals surface area contributed by atoms with Gasteiger partial charge >= 0.3 is 6.03 Å². The zero-order valence-corrected chi connectivity index (χ0v) is 16.2. The number of likely N-dealkylation sites (N-methyl/N-ethyl adjacent to an activating group) is 1. The van der Waals surface area contributed by atoms with E-state index in [1.165, 1.54) is 0 Å². The maximum Gasteiger partial charge on any atom is 0.317 e. The minimum Gasteiger partial charge on any atom is -0.392 e. The molecule has 0 saturated carbocycles. The topological polar surface area (TPSA) is 88.7 Å². The highest BCUT2D eigenvalue weighted by Gasteiger charge is 2.27. The molecule has 1 aliphatic heterocycles. The Hall–Kier alpha value is -2.54. The summed E-state index contributed by atoms with van der Waals surface area (Å²) >= 11 is 0. The van der Waals surface area contributed by atoms with Crippen LogP contribution in [0.15, 0.2) is 18.2 Å². The lowest BCUT2D eigenvalue weighted by atomic mass is 10.0. The molecule has 0 aliphatic carbocycles. The van der Waals surface area contributed by atoms with Crippen molar-refractivity contribution in [1.29, 1.82) is 0 Å². The van der Waals surface area contributed by atoms with Crippen molar-refractivity contribution in [1.82, 2.24) is 20.1 Å². The molecule has 1 aromatic heterocycles. The average Bonchev–Trinajstić information content (AvgIpc) is 3.07. The van der Waals surface area contributed by atoms with E-state index in [1.807, 2.05) is 19.1 Å². The summed E-state index contributed by atoms with van der Waals surface area (Å²) < 4.78 is 0. The number of carbonyl (C=O) groups excluding carboxylic acids is 2. The van der Waals surface area contributed by atoms with Crippen LogP contribution in [0.25, 0.3) is 10.9 Å². The van der Waals surface area contributed by atoms with Gasteiger partial charge in [-0.2, -0.15) is 0 Å². The van der Waals surface area contributed by atoms with Gasteiger partial charge in [0.05, 0.1) is 24.7 Å². The number of hydrogen-bond donors (Lipinski definition) is 3. The van der Waals surface area contributed by atoms with E-state index < -0.39 is 0 Å². The molecule has 1 fully saturated rings. The van der Waals surface area contributed by atoms with Gasteiger partial charge in [0.25, 0.3) is 0 Å². The SMILES string of the molecule is CC(=O)N1CCC[C@@H](N(C)C(=O)NCc2cc3cc(C)cc(CO)c3[nH]2)C1. The van der Waals surface area contributed by atoms with E-state index in [0.717, 1.165) is 47.1 Å². The van der Waals surface area contributed by atoms with Gasteiger partial charge in [-0.05, 0) is 31.9 Å². The molecule has 2 aromatic rings. The molecule has 27 heavy (non-hydrogen) atoms. The molecule has 3 rings (SSSR count). The summed E-state index contributed by atoms with van der Waals surface area (Å²) in [6, 6.07) is 5.90. The predicted octanol–water partition coefficient (Wildman–Crippen LogP) is 2.12. The second-order valence-corrected chi connectivity index (χ2v) is 7.37. The first-order valence-corrected chi connectivity index (χ1v) is 9.37. The number of piperidine rings is 1. The van der Waals surface area contributed by atoms with E-state index in [2.05, 4.69) is 16.4 Å². The number of rotatable bonds is 4. The zero-order valence-electron chi connectivity index (χ0n) is 16.2. The summed E-state index contributed by atoms with van der Waals surface area (Å²) in [4.78, 5) is 30.9. The molecular weight excluding hydrogens is 344 g/mol. The molecule has 1 aliphatic rings. The van der Waals surface area contributed by atoms with E-state index in [0.29, 0.717) is 13.1 Å². The van der Waals surface area contributed by atoms with Crippen LogP contribution in [-0.4, -0.2) is 58.0 Å². The third kappa shape index (κ3) is 4.24. The number of H-pyrrole nitrogens is 1. The highest BCUT2D eigenvalue weighted by molar-refractivity contribution is 5.84. The van der Waals surface area contributed by atoms with Gasteiger partial charge < -0.3 is 25.2 Å². The van der Waals surface area contributed by atoms with Crippen molar-refractivity contribution >= 4 is 22.8 Å². The molecule has 0 spiro atoms. The van der Waals surface area contributed by atoms with Gasteiger partial charge in [0.15, 0.2) is 0 Å². The Labute approximate surface area is 159 Å². The fourth-order valence-corrected chi connectivity index (χ4v) is 3.78. The maximum absolute atomic E-state index is 12.5. The summed E-state index contributed by atoms with van der Waals surface area (Å²) in [5.74, 6) is 0.0570. The summed E-state index contributed by atoms with van der Waals surface area (Å²) in [7, 11) is 1.78. The number of urea groups is 1. The van der Waals surface area contributed by atoms with Gasteiger partial charge in [0.2, 0.25) is 5.91 Å². The fourth-order valence-electron chi connectivity index (χ4n) is 3.78. The smallest absolute Gasteiger partial charge is 0.317 e.